The zero-order valence-electron chi connectivity index (χ0n) is 17.0. The molecule has 2 N–H and O–H groups in total. The van der Waals surface area contributed by atoms with Crippen LogP contribution in [0.5, 0.6) is 5.75 Å². The maximum atomic E-state index is 12.6. The lowest BCUT2D eigenvalue weighted by Gasteiger charge is -2.21. The fraction of sp³-hybridized carbons (Fsp3) is 0.435. The summed E-state index contributed by atoms with van der Waals surface area (Å²) in [4.78, 5) is 12.6. The first-order valence-corrected chi connectivity index (χ1v) is 9.75. The van der Waals surface area contributed by atoms with Gasteiger partial charge in [-0.3, -0.25) is 4.79 Å². The normalized spacial score (nSPS) is 11.3. The molecule has 0 aromatic heterocycles. The second kappa shape index (κ2) is 9.56. The number of anilines is 1. The summed E-state index contributed by atoms with van der Waals surface area (Å²) in [6.07, 6.45) is 4.68. The van der Waals surface area contributed by atoms with Crippen LogP contribution < -0.4 is 15.6 Å². The maximum Gasteiger partial charge on any atom is 0.272 e. The van der Waals surface area contributed by atoms with Crippen molar-refractivity contribution < 1.29 is 9.53 Å². The van der Waals surface area contributed by atoms with Crippen molar-refractivity contribution >= 4 is 11.6 Å². The number of ether oxygens (including phenoxy) is 1. The quantitative estimate of drug-likeness (QED) is 0.291. The number of carbonyl (C=O) groups is 1. The molecule has 2 aromatic rings. The molecule has 0 aliphatic rings. The Hall–Kier alpha value is -2.33. The van der Waals surface area contributed by atoms with E-state index >= 15 is 0 Å². The summed E-state index contributed by atoms with van der Waals surface area (Å²) in [6.45, 7) is 9.36. The van der Waals surface area contributed by atoms with Gasteiger partial charge in [0, 0.05) is 5.56 Å². The highest BCUT2D eigenvalue weighted by atomic mass is 16.5. The van der Waals surface area contributed by atoms with E-state index in [0.29, 0.717) is 17.9 Å². The van der Waals surface area contributed by atoms with Gasteiger partial charge in [0.15, 0.2) is 0 Å². The summed E-state index contributed by atoms with van der Waals surface area (Å²) in [7, 11) is 0. The smallest absolute Gasteiger partial charge is 0.272 e. The second-order valence-electron chi connectivity index (χ2n) is 7.91. The molecule has 2 aromatic carbocycles. The molecule has 0 saturated heterocycles. The van der Waals surface area contributed by atoms with Gasteiger partial charge in [0.05, 0.1) is 12.3 Å². The average molecular weight is 369 g/mol. The van der Waals surface area contributed by atoms with Gasteiger partial charge in [-0.1, -0.05) is 59.1 Å². The van der Waals surface area contributed by atoms with E-state index in [9.17, 15) is 4.79 Å². The number of unbranched alkanes of at least 4 members (excludes halogenated alkanes) is 3. The second-order valence-corrected chi connectivity index (χ2v) is 7.91. The van der Waals surface area contributed by atoms with Crippen molar-refractivity contribution in [2.45, 2.75) is 58.8 Å². The highest BCUT2D eigenvalue weighted by Crippen LogP contribution is 2.25. The molecule has 146 valence electrons. The molecule has 0 fully saturated rings. The minimum Gasteiger partial charge on any atom is -0.494 e. The highest BCUT2D eigenvalue weighted by Gasteiger charge is 2.17. The Labute approximate surface area is 163 Å². The lowest BCUT2D eigenvalue weighted by molar-refractivity contribution is 0.0987. The van der Waals surface area contributed by atoms with Crippen LogP contribution in [0.2, 0.25) is 0 Å². The van der Waals surface area contributed by atoms with E-state index in [-0.39, 0.29) is 11.3 Å². The highest BCUT2D eigenvalue weighted by molar-refractivity contribution is 6.05. The van der Waals surface area contributed by atoms with Gasteiger partial charge in [0.25, 0.3) is 5.91 Å². The molecule has 27 heavy (non-hydrogen) atoms. The largest absolute Gasteiger partial charge is 0.494 e. The van der Waals surface area contributed by atoms with E-state index in [4.69, 9.17) is 10.6 Å². The third kappa shape index (κ3) is 6.10. The minimum atomic E-state index is -0.243. The summed E-state index contributed by atoms with van der Waals surface area (Å²) >= 11 is 0. The van der Waals surface area contributed by atoms with E-state index in [1.807, 2.05) is 36.4 Å². The summed E-state index contributed by atoms with van der Waals surface area (Å²) in [5.41, 5.74) is 2.47. The van der Waals surface area contributed by atoms with Crippen molar-refractivity contribution in [1.82, 2.24) is 0 Å². The van der Waals surface area contributed by atoms with Crippen LogP contribution in [0.1, 0.15) is 69.3 Å². The van der Waals surface area contributed by atoms with E-state index in [2.05, 4.69) is 27.7 Å². The van der Waals surface area contributed by atoms with Crippen molar-refractivity contribution in [2.75, 3.05) is 11.6 Å². The third-order valence-corrected chi connectivity index (χ3v) is 4.60. The van der Waals surface area contributed by atoms with Crippen molar-refractivity contribution in [2.24, 2.45) is 5.84 Å². The number of rotatable bonds is 8. The average Bonchev–Trinajstić information content (AvgIpc) is 2.66. The van der Waals surface area contributed by atoms with Gasteiger partial charge in [-0.05, 0) is 53.8 Å². The number of amides is 1. The molecule has 0 atom stereocenters. The van der Waals surface area contributed by atoms with Crippen LogP contribution in [0.3, 0.4) is 0 Å². The van der Waals surface area contributed by atoms with Gasteiger partial charge < -0.3 is 4.74 Å². The Morgan fingerprint density at radius 1 is 0.963 bits per heavy atom. The number of hydrazine groups is 1. The molecule has 0 spiro atoms. The Kier molecular flexibility index (Phi) is 7.43. The van der Waals surface area contributed by atoms with Crippen LogP contribution in [0.4, 0.5) is 5.69 Å². The molecule has 0 aliphatic carbocycles. The summed E-state index contributed by atoms with van der Waals surface area (Å²) in [5, 5.41) is 1.19. The first-order chi connectivity index (χ1) is 12.8. The molecule has 0 saturated carbocycles. The van der Waals surface area contributed by atoms with Crippen LogP contribution in [0.25, 0.3) is 0 Å². The lowest BCUT2D eigenvalue weighted by atomic mass is 9.87. The van der Waals surface area contributed by atoms with Crippen LogP contribution in [0.15, 0.2) is 48.5 Å². The number of hydrogen-bond donors (Lipinski definition) is 1. The number of carbonyl (C=O) groups excluding carboxylic acids is 1. The van der Waals surface area contributed by atoms with E-state index in [0.717, 1.165) is 12.2 Å². The minimum absolute atomic E-state index is 0.0638. The number of benzene rings is 2. The zero-order valence-corrected chi connectivity index (χ0v) is 17.0. The van der Waals surface area contributed by atoms with Crippen LogP contribution >= 0.6 is 0 Å². The van der Waals surface area contributed by atoms with E-state index in [1.54, 1.807) is 12.1 Å². The molecule has 0 radical (unpaired) electrons. The van der Waals surface area contributed by atoms with E-state index in [1.165, 1.54) is 29.8 Å². The Morgan fingerprint density at radius 3 is 2.15 bits per heavy atom. The fourth-order valence-corrected chi connectivity index (χ4v) is 2.79. The molecule has 4 nitrogen and oxygen atoms in total. The maximum absolute atomic E-state index is 12.6. The topological polar surface area (TPSA) is 55.6 Å². The Balaban J connectivity index is 1.96. The van der Waals surface area contributed by atoms with Crippen LogP contribution in [-0.2, 0) is 5.41 Å². The molecule has 0 unspecified atom stereocenters. The fourth-order valence-electron chi connectivity index (χ4n) is 2.79. The SMILES string of the molecule is CCCCCCOc1ccc(C(=O)N(N)c2ccc(C(C)(C)C)cc2)cc1. The molecule has 0 aliphatic heterocycles. The number of hydrogen-bond acceptors (Lipinski definition) is 3. The summed E-state index contributed by atoms with van der Waals surface area (Å²) < 4.78 is 5.72. The van der Waals surface area contributed by atoms with Gasteiger partial charge in [-0.2, -0.15) is 0 Å². The third-order valence-electron chi connectivity index (χ3n) is 4.60. The summed E-state index contributed by atoms with van der Waals surface area (Å²) in [5.74, 6) is 6.58. The van der Waals surface area contributed by atoms with Gasteiger partial charge in [0.2, 0.25) is 0 Å². The van der Waals surface area contributed by atoms with E-state index < -0.39 is 0 Å². The molecule has 0 bridgehead atoms. The van der Waals surface area contributed by atoms with Crippen molar-refractivity contribution in [3.8, 4) is 5.75 Å². The number of nitrogens with two attached hydrogens (primary N) is 1. The monoisotopic (exact) mass is 368 g/mol. The van der Waals surface area contributed by atoms with Gasteiger partial charge >= 0.3 is 0 Å². The molecule has 2 rings (SSSR count). The van der Waals surface area contributed by atoms with Gasteiger partial charge in [0.1, 0.15) is 5.75 Å². The predicted octanol–water partition coefficient (Wildman–Crippen LogP) is 5.46. The van der Waals surface area contributed by atoms with Crippen LogP contribution in [-0.4, -0.2) is 12.5 Å². The first kappa shape index (κ1) is 21.0. The molecular formula is C23H32N2O2. The molecule has 0 heterocycles. The Bertz CT molecular complexity index is 716. The lowest BCUT2D eigenvalue weighted by Crippen LogP contribution is -2.37. The van der Waals surface area contributed by atoms with Crippen LogP contribution in [0, 0.1) is 0 Å². The standard InChI is InChI=1S/C23H32N2O2/c1-5-6-7-8-17-27-21-15-9-18(10-16-21)22(26)25(24)20-13-11-19(12-14-20)23(2,3)4/h9-16H,5-8,17,24H2,1-4H3. The first-order valence-electron chi connectivity index (χ1n) is 9.75. The zero-order chi connectivity index (χ0) is 19.9. The molecular weight excluding hydrogens is 336 g/mol. The summed E-state index contributed by atoms with van der Waals surface area (Å²) in [6, 6.07) is 14.9. The molecule has 1 amide bonds. The number of nitrogens with zero attached hydrogens (tertiary/aromatic N) is 1. The predicted molar refractivity (Wildman–Crippen MR) is 112 cm³/mol. The van der Waals surface area contributed by atoms with Gasteiger partial charge in [-0.15, -0.1) is 0 Å². The Morgan fingerprint density at radius 2 is 1.59 bits per heavy atom. The van der Waals surface area contributed by atoms with Crippen molar-refractivity contribution in [3.63, 3.8) is 0 Å². The van der Waals surface area contributed by atoms with Crippen molar-refractivity contribution in [1.29, 1.82) is 0 Å². The molecule has 4 heteroatoms. The van der Waals surface area contributed by atoms with Crippen molar-refractivity contribution in [3.05, 3.63) is 59.7 Å². The van der Waals surface area contributed by atoms with Gasteiger partial charge in [-0.25, -0.2) is 10.9 Å².